The number of hydrogen-bond acceptors (Lipinski definition) is 3. The van der Waals surface area contributed by atoms with Gasteiger partial charge < -0.3 is 5.32 Å². The predicted molar refractivity (Wildman–Crippen MR) is 110 cm³/mol. The molecule has 0 atom stereocenters. The van der Waals surface area contributed by atoms with Crippen molar-refractivity contribution >= 4 is 39.3 Å². The molecule has 142 valence electrons. The monoisotopic (exact) mass is 449 g/mol. The van der Waals surface area contributed by atoms with E-state index in [1.165, 1.54) is 0 Å². The smallest absolute Gasteiger partial charge is 0.227 e. The summed E-state index contributed by atoms with van der Waals surface area (Å²) in [4.78, 5) is 12.3. The number of nitrogens with zero attached hydrogens (tertiary/aromatic N) is 4. The molecule has 0 spiro atoms. The van der Waals surface area contributed by atoms with E-state index in [-0.39, 0.29) is 5.91 Å². The van der Waals surface area contributed by atoms with Gasteiger partial charge in [0.1, 0.15) is 0 Å². The van der Waals surface area contributed by atoms with Crippen LogP contribution >= 0.6 is 27.5 Å². The van der Waals surface area contributed by atoms with E-state index in [1.54, 1.807) is 0 Å². The molecule has 0 bridgehead atoms. The molecular weight excluding hydrogens is 430 g/mol. The molecule has 1 N–H and O–H groups in total. The van der Waals surface area contributed by atoms with Gasteiger partial charge in [-0.3, -0.25) is 14.2 Å². The van der Waals surface area contributed by atoms with Crippen LogP contribution in [0.15, 0.2) is 34.8 Å². The molecular formula is C19H21BrClN5O. The Hall–Kier alpha value is -2.12. The normalized spacial score (nSPS) is 11.0. The van der Waals surface area contributed by atoms with Crippen molar-refractivity contribution in [3.63, 3.8) is 0 Å². The van der Waals surface area contributed by atoms with Crippen LogP contribution in [0.1, 0.15) is 29.1 Å². The molecule has 0 aliphatic carbocycles. The van der Waals surface area contributed by atoms with Crippen LogP contribution in [0.25, 0.3) is 0 Å². The summed E-state index contributed by atoms with van der Waals surface area (Å²) in [5.74, 6) is 0.458. The van der Waals surface area contributed by atoms with E-state index in [4.69, 9.17) is 11.6 Å². The van der Waals surface area contributed by atoms with Gasteiger partial charge in [0.25, 0.3) is 0 Å². The van der Waals surface area contributed by atoms with Gasteiger partial charge in [0.2, 0.25) is 5.91 Å². The van der Waals surface area contributed by atoms with Crippen molar-refractivity contribution < 1.29 is 4.79 Å². The summed E-state index contributed by atoms with van der Waals surface area (Å²) in [5.41, 5.74) is 3.96. The molecule has 0 radical (unpaired) electrons. The van der Waals surface area contributed by atoms with Gasteiger partial charge in [0, 0.05) is 28.9 Å². The maximum Gasteiger partial charge on any atom is 0.227 e. The summed E-state index contributed by atoms with van der Waals surface area (Å²) in [7, 11) is 0. The van der Waals surface area contributed by atoms with E-state index in [9.17, 15) is 4.79 Å². The number of amides is 1. The van der Waals surface area contributed by atoms with E-state index < -0.39 is 0 Å². The zero-order valence-electron chi connectivity index (χ0n) is 15.5. The van der Waals surface area contributed by atoms with Crippen molar-refractivity contribution in [2.45, 2.75) is 40.3 Å². The summed E-state index contributed by atoms with van der Waals surface area (Å²) in [6, 6.07) is 9.53. The maximum absolute atomic E-state index is 12.3. The summed E-state index contributed by atoms with van der Waals surface area (Å²) < 4.78 is 4.67. The van der Waals surface area contributed by atoms with Crippen LogP contribution in [0.4, 0.5) is 5.82 Å². The Morgan fingerprint density at radius 2 is 1.96 bits per heavy atom. The van der Waals surface area contributed by atoms with Crippen LogP contribution in [-0.2, 0) is 17.9 Å². The molecule has 8 heteroatoms. The van der Waals surface area contributed by atoms with Gasteiger partial charge in [-0.2, -0.15) is 10.2 Å². The molecule has 3 rings (SSSR count). The van der Waals surface area contributed by atoms with Crippen LogP contribution in [0.2, 0.25) is 5.02 Å². The standard InChI is InChI=1S/C19H21BrClN5O/c1-12-9-17(24-26(12)11-15-5-4-6-16(21)10-15)22-18(27)7-8-25-14(3)19(20)13(2)23-25/h4-6,9-10H,7-8,11H2,1-3H3,(H,22,24,27). The fraction of sp³-hybridized carbons (Fsp3) is 0.316. The molecule has 2 heterocycles. The fourth-order valence-electron chi connectivity index (χ4n) is 2.85. The third kappa shape index (κ3) is 4.78. The molecule has 0 fully saturated rings. The minimum atomic E-state index is -0.0916. The van der Waals surface area contributed by atoms with Crippen molar-refractivity contribution in [2.24, 2.45) is 0 Å². The van der Waals surface area contributed by atoms with Crippen molar-refractivity contribution in [1.82, 2.24) is 19.6 Å². The van der Waals surface area contributed by atoms with Gasteiger partial charge in [-0.15, -0.1) is 0 Å². The Bertz CT molecular complexity index is 979. The average Bonchev–Trinajstić information content (AvgIpc) is 3.07. The van der Waals surface area contributed by atoms with E-state index in [2.05, 4.69) is 31.4 Å². The summed E-state index contributed by atoms with van der Waals surface area (Å²) >= 11 is 9.53. The summed E-state index contributed by atoms with van der Waals surface area (Å²) in [6.07, 6.45) is 0.328. The van der Waals surface area contributed by atoms with E-state index in [1.807, 2.05) is 60.5 Å². The third-order valence-electron chi connectivity index (χ3n) is 4.31. The van der Waals surface area contributed by atoms with Gasteiger partial charge in [-0.1, -0.05) is 23.7 Å². The highest BCUT2D eigenvalue weighted by atomic mass is 79.9. The van der Waals surface area contributed by atoms with Gasteiger partial charge in [0.15, 0.2) is 5.82 Å². The van der Waals surface area contributed by atoms with Crippen molar-refractivity contribution in [2.75, 3.05) is 5.32 Å². The first-order valence-corrected chi connectivity index (χ1v) is 9.79. The molecule has 6 nitrogen and oxygen atoms in total. The van der Waals surface area contributed by atoms with Crippen LogP contribution in [-0.4, -0.2) is 25.5 Å². The number of halogens is 2. The highest BCUT2D eigenvalue weighted by molar-refractivity contribution is 9.10. The van der Waals surface area contributed by atoms with Crippen LogP contribution < -0.4 is 5.32 Å². The van der Waals surface area contributed by atoms with E-state index in [0.717, 1.165) is 27.1 Å². The molecule has 1 amide bonds. The highest BCUT2D eigenvalue weighted by Gasteiger charge is 2.12. The van der Waals surface area contributed by atoms with Gasteiger partial charge in [-0.25, -0.2) is 0 Å². The van der Waals surface area contributed by atoms with E-state index in [0.29, 0.717) is 30.4 Å². The minimum absolute atomic E-state index is 0.0916. The van der Waals surface area contributed by atoms with Crippen molar-refractivity contribution in [1.29, 1.82) is 0 Å². The number of nitrogens with one attached hydrogen (secondary N) is 1. The Labute approximate surface area is 171 Å². The summed E-state index contributed by atoms with van der Waals surface area (Å²) in [5, 5.41) is 12.5. The first-order valence-electron chi connectivity index (χ1n) is 8.61. The predicted octanol–water partition coefficient (Wildman–Crippen LogP) is 4.50. The lowest BCUT2D eigenvalue weighted by atomic mass is 10.2. The average molecular weight is 451 g/mol. The number of carbonyl (C=O) groups is 1. The Kier molecular flexibility index (Phi) is 6.01. The lowest BCUT2D eigenvalue weighted by Gasteiger charge is -2.06. The number of aromatic nitrogens is 4. The molecule has 2 aromatic heterocycles. The molecule has 27 heavy (non-hydrogen) atoms. The third-order valence-corrected chi connectivity index (χ3v) is 5.70. The molecule has 0 aliphatic rings. The quantitative estimate of drug-likeness (QED) is 0.601. The van der Waals surface area contributed by atoms with Crippen LogP contribution in [0.5, 0.6) is 0 Å². The molecule has 0 unspecified atom stereocenters. The Morgan fingerprint density at radius 3 is 2.63 bits per heavy atom. The lowest BCUT2D eigenvalue weighted by Crippen LogP contribution is -2.16. The Morgan fingerprint density at radius 1 is 1.19 bits per heavy atom. The van der Waals surface area contributed by atoms with Crippen molar-refractivity contribution in [3.8, 4) is 0 Å². The van der Waals surface area contributed by atoms with Crippen molar-refractivity contribution in [3.05, 3.63) is 62.5 Å². The van der Waals surface area contributed by atoms with Gasteiger partial charge in [0.05, 0.1) is 23.3 Å². The zero-order valence-corrected chi connectivity index (χ0v) is 17.8. The zero-order chi connectivity index (χ0) is 19.6. The number of aryl methyl sites for hydroxylation is 3. The number of rotatable bonds is 6. The number of benzene rings is 1. The van der Waals surface area contributed by atoms with Crippen LogP contribution in [0, 0.1) is 20.8 Å². The second-order valence-corrected chi connectivity index (χ2v) is 7.69. The second kappa shape index (κ2) is 8.27. The molecule has 1 aromatic carbocycles. The first kappa shape index (κ1) is 19.6. The molecule has 3 aromatic rings. The molecule has 0 aliphatic heterocycles. The minimum Gasteiger partial charge on any atom is -0.309 e. The number of carbonyl (C=O) groups excluding carboxylic acids is 1. The first-order chi connectivity index (χ1) is 12.8. The second-order valence-electron chi connectivity index (χ2n) is 6.46. The summed E-state index contributed by atoms with van der Waals surface area (Å²) in [6.45, 7) is 6.99. The highest BCUT2D eigenvalue weighted by Crippen LogP contribution is 2.20. The number of hydrogen-bond donors (Lipinski definition) is 1. The van der Waals surface area contributed by atoms with E-state index >= 15 is 0 Å². The van der Waals surface area contributed by atoms with Crippen LogP contribution in [0.3, 0.4) is 0 Å². The largest absolute Gasteiger partial charge is 0.309 e. The van der Waals surface area contributed by atoms with Gasteiger partial charge in [-0.05, 0) is 54.4 Å². The SMILES string of the molecule is Cc1nn(CCC(=O)Nc2cc(C)n(Cc3cccc(Cl)c3)n2)c(C)c1Br. The fourth-order valence-corrected chi connectivity index (χ4v) is 3.34. The topological polar surface area (TPSA) is 64.7 Å². The maximum atomic E-state index is 12.3. The number of anilines is 1. The molecule has 0 saturated heterocycles. The van der Waals surface area contributed by atoms with Gasteiger partial charge >= 0.3 is 0 Å². The Balaban J connectivity index is 1.60. The molecule has 0 saturated carbocycles. The lowest BCUT2D eigenvalue weighted by molar-refractivity contribution is -0.116.